The minimum absolute atomic E-state index is 0.0842. The van der Waals surface area contributed by atoms with Crippen molar-refractivity contribution in [2.24, 2.45) is 0 Å². The number of nitrogens with zero attached hydrogens (tertiary/aromatic N) is 2. The van der Waals surface area contributed by atoms with E-state index >= 15 is 0 Å². The highest BCUT2D eigenvalue weighted by Gasteiger charge is 2.37. The van der Waals surface area contributed by atoms with Gasteiger partial charge in [0.2, 0.25) is 0 Å². The Morgan fingerprint density at radius 2 is 1.53 bits per heavy atom. The fraction of sp³-hybridized carbons (Fsp3) is 0.217. The van der Waals surface area contributed by atoms with Gasteiger partial charge in [-0.3, -0.25) is 0 Å². The molecular formula is C23H17F6N3OS. The topological polar surface area (TPSA) is 47.0 Å². The zero-order valence-corrected chi connectivity index (χ0v) is 18.6. The summed E-state index contributed by atoms with van der Waals surface area (Å²) in [6.07, 6.45) is -8.70. The lowest BCUT2D eigenvalue weighted by atomic mass is 10.0. The van der Waals surface area contributed by atoms with Gasteiger partial charge in [-0.15, -0.1) is 11.3 Å². The standard InChI is InChI=1S/C23H17F6N3OS/c1-3-33-17-6-4-13(5-7-17)18-12(2)34-21-19(18)20(30-11-31-21)32-16-9-14(22(24,25)26)8-15(10-16)23(27,28)29/h4-11H,3H2,1-2H3,(H,30,31,32). The van der Waals surface area contributed by atoms with E-state index in [1.807, 2.05) is 26.0 Å². The molecule has 4 rings (SSSR count). The lowest BCUT2D eigenvalue weighted by molar-refractivity contribution is -0.143. The SMILES string of the molecule is CCOc1ccc(-c2c(C)sc3ncnc(Nc4cc(C(F)(F)F)cc(C(F)(F)F)c4)c23)cc1. The maximum absolute atomic E-state index is 13.3. The Morgan fingerprint density at radius 3 is 2.09 bits per heavy atom. The number of thiophene rings is 1. The first kappa shape index (κ1) is 23.8. The Bertz CT molecular complexity index is 1300. The van der Waals surface area contributed by atoms with E-state index in [4.69, 9.17) is 4.74 Å². The van der Waals surface area contributed by atoms with Crippen LogP contribution >= 0.6 is 11.3 Å². The maximum Gasteiger partial charge on any atom is 0.416 e. The van der Waals surface area contributed by atoms with Crippen molar-refractivity contribution in [3.63, 3.8) is 0 Å². The first-order valence-electron chi connectivity index (χ1n) is 10.0. The largest absolute Gasteiger partial charge is 0.494 e. The lowest BCUT2D eigenvalue weighted by Gasteiger charge is -2.15. The number of anilines is 2. The predicted molar refractivity (Wildman–Crippen MR) is 118 cm³/mol. The Hall–Kier alpha value is -3.34. The summed E-state index contributed by atoms with van der Waals surface area (Å²) in [6, 6.07) is 8.53. The molecule has 2 heterocycles. The number of fused-ring (bicyclic) bond motifs is 1. The molecule has 11 heteroatoms. The number of hydrogen-bond acceptors (Lipinski definition) is 5. The molecule has 0 radical (unpaired) electrons. The highest BCUT2D eigenvalue weighted by Crippen LogP contribution is 2.43. The molecule has 0 spiro atoms. The molecule has 1 N–H and O–H groups in total. The Kier molecular flexibility index (Phi) is 6.15. The molecule has 34 heavy (non-hydrogen) atoms. The van der Waals surface area contributed by atoms with Crippen molar-refractivity contribution in [3.05, 3.63) is 64.8 Å². The van der Waals surface area contributed by atoms with E-state index in [0.29, 0.717) is 34.7 Å². The van der Waals surface area contributed by atoms with Crippen molar-refractivity contribution in [3.8, 4) is 16.9 Å². The number of alkyl halides is 6. The summed E-state index contributed by atoms with van der Waals surface area (Å²) in [6.45, 7) is 4.21. The number of rotatable bonds is 5. The van der Waals surface area contributed by atoms with Crippen LogP contribution in [0.2, 0.25) is 0 Å². The van der Waals surface area contributed by atoms with Crippen LogP contribution in [0, 0.1) is 6.92 Å². The van der Waals surface area contributed by atoms with Gasteiger partial charge >= 0.3 is 12.4 Å². The van der Waals surface area contributed by atoms with Gasteiger partial charge in [-0.25, -0.2) is 9.97 Å². The lowest BCUT2D eigenvalue weighted by Crippen LogP contribution is -2.11. The van der Waals surface area contributed by atoms with Crippen molar-refractivity contribution in [2.75, 3.05) is 11.9 Å². The molecule has 2 aromatic carbocycles. The van der Waals surface area contributed by atoms with Crippen molar-refractivity contribution < 1.29 is 31.1 Å². The van der Waals surface area contributed by atoms with Crippen molar-refractivity contribution in [1.82, 2.24) is 9.97 Å². The van der Waals surface area contributed by atoms with Crippen LogP contribution in [-0.4, -0.2) is 16.6 Å². The summed E-state index contributed by atoms with van der Waals surface area (Å²) in [7, 11) is 0. The van der Waals surface area contributed by atoms with E-state index in [1.165, 1.54) is 17.7 Å². The molecule has 0 unspecified atom stereocenters. The quantitative estimate of drug-likeness (QED) is 0.285. The van der Waals surface area contributed by atoms with Gasteiger partial charge in [0.1, 0.15) is 22.7 Å². The van der Waals surface area contributed by atoms with Crippen LogP contribution in [0.15, 0.2) is 48.8 Å². The molecule has 0 saturated carbocycles. The van der Waals surface area contributed by atoms with Gasteiger partial charge in [0.15, 0.2) is 0 Å². The van der Waals surface area contributed by atoms with Crippen LogP contribution in [0.5, 0.6) is 5.75 Å². The molecule has 0 saturated heterocycles. The molecule has 2 aromatic heterocycles. The van der Waals surface area contributed by atoms with E-state index in [2.05, 4.69) is 15.3 Å². The van der Waals surface area contributed by atoms with E-state index in [0.717, 1.165) is 16.0 Å². The summed E-state index contributed by atoms with van der Waals surface area (Å²) in [4.78, 5) is 9.77. The van der Waals surface area contributed by atoms with E-state index in [-0.39, 0.29) is 17.6 Å². The predicted octanol–water partition coefficient (Wildman–Crippen LogP) is 7.85. The van der Waals surface area contributed by atoms with Crippen LogP contribution in [0.3, 0.4) is 0 Å². The molecule has 0 aliphatic carbocycles. The Morgan fingerprint density at radius 1 is 0.912 bits per heavy atom. The molecule has 0 fully saturated rings. The van der Waals surface area contributed by atoms with E-state index < -0.39 is 23.5 Å². The zero-order valence-electron chi connectivity index (χ0n) is 17.8. The minimum Gasteiger partial charge on any atom is -0.494 e. The third-order valence-corrected chi connectivity index (χ3v) is 5.98. The van der Waals surface area contributed by atoms with Gasteiger partial charge in [0.25, 0.3) is 0 Å². The average Bonchev–Trinajstić information content (AvgIpc) is 3.10. The fourth-order valence-electron chi connectivity index (χ4n) is 3.53. The molecule has 0 atom stereocenters. The monoisotopic (exact) mass is 497 g/mol. The van der Waals surface area contributed by atoms with Gasteiger partial charge in [-0.2, -0.15) is 26.3 Å². The number of ether oxygens (including phenoxy) is 1. The number of nitrogens with one attached hydrogen (secondary N) is 1. The molecule has 0 amide bonds. The van der Waals surface area contributed by atoms with Crippen molar-refractivity contribution in [2.45, 2.75) is 26.2 Å². The van der Waals surface area contributed by atoms with Crippen LogP contribution in [0.4, 0.5) is 37.8 Å². The molecular weight excluding hydrogens is 480 g/mol. The molecule has 4 aromatic rings. The molecule has 0 bridgehead atoms. The van der Waals surface area contributed by atoms with Crippen molar-refractivity contribution in [1.29, 1.82) is 0 Å². The minimum atomic E-state index is -4.95. The van der Waals surface area contributed by atoms with Gasteiger partial charge in [-0.05, 0) is 49.7 Å². The van der Waals surface area contributed by atoms with Crippen LogP contribution < -0.4 is 10.1 Å². The Balaban J connectivity index is 1.84. The number of aromatic nitrogens is 2. The highest BCUT2D eigenvalue weighted by atomic mass is 32.1. The van der Waals surface area contributed by atoms with E-state index in [9.17, 15) is 26.3 Å². The highest BCUT2D eigenvalue weighted by molar-refractivity contribution is 7.19. The fourth-order valence-corrected chi connectivity index (χ4v) is 4.55. The second-order valence-corrected chi connectivity index (χ2v) is 8.52. The molecule has 0 aliphatic rings. The van der Waals surface area contributed by atoms with Crippen LogP contribution in [-0.2, 0) is 12.4 Å². The zero-order chi connectivity index (χ0) is 24.7. The number of benzene rings is 2. The summed E-state index contributed by atoms with van der Waals surface area (Å²) in [5.41, 5.74) is -1.70. The van der Waals surface area contributed by atoms with Crippen LogP contribution in [0.25, 0.3) is 21.3 Å². The van der Waals surface area contributed by atoms with Gasteiger partial charge in [0.05, 0.1) is 23.1 Å². The number of aryl methyl sites for hydroxylation is 1. The normalized spacial score (nSPS) is 12.2. The summed E-state index contributed by atoms with van der Waals surface area (Å²) >= 11 is 1.35. The summed E-state index contributed by atoms with van der Waals surface area (Å²) in [5.74, 6) is 0.771. The molecule has 4 nitrogen and oxygen atoms in total. The Labute approximate surface area is 194 Å². The summed E-state index contributed by atoms with van der Waals surface area (Å²) < 4.78 is 85.1. The van der Waals surface area contributed by atoms with Gasteiger partial charge in [0, 0.05) is 16.1 Å². The maximum atomic E-state index is 13.3. The summed E-state index contributed by atoms with van der Waals surface area (Å²) in [5, 5.41) is 3.16. The molecule has 178 valence electrons. The third kappa shape index (κ3) is 4.79. The first-order valence-corrected chi connectivity index (χ1v) is 10.8. The van der Waals surface area contributed by atoms with Crippen molar-refractivity contribution >= 4 is 33.1 Å². The smallest absolute Gasteiger partial charge is 0.416 e. The second-order valence-electron chi connectivity index (χ2n) is 7.31. The van der Waals surface area contributed by atoms with Crippen LogP contribution in [0.1, 0.15) is 22.9 Å². The first-order chi connectivity index (χ1) is 16.0. The molecule has 0 aliphatic heterocycles. The number of hydrogen-bond donors (Lipinski definition) is 1. The second kappa shape index (κ2) is 8.79. The van der Waals surface area contributed by atoms with E-state index in [1.54, 1.807) is 12.1 Å². The number of halogens is 6. The average molecular weight is 497 g/mol. The van der Waals surface area contributed by atoms with Gasteiger partial charge in [-0.1, -0.05) is 12.1 Å². The van der Waals surface area contributed by atoms with Gasteiger partial charge < -0.3 is 10.1 Å². The third-order valence-electron chi connectivity index (χ3n) is 4.97.